The smallest absolute Gasteiger partial charge is 0.220 e. The molecule has 0 unspecified atom stereocenters. The lowest BCUT2D eigenvalue weighted by molar-refractivity contribution is -0.121. The zero-order valence-electron chi connectivity index (χ0n) is 14.8. The summed E-state index contributed by atoms with van der Waals surface area (Å²) in [6.45, 7) is 4.27. The quantitative estimate of drug-likeness (QED) is 0.839. The van der Waals surface area contributed by atoms with Gasteiger partial charge in [-0.1, -0.05) is 17.7 Å². The van der Waals surface area contributed by atoms with Gasteiger partial charge in [0.15, 0.2) is 0 Å². The third-order valence-corrected chi connectivity index (χ3v) is 4.68. The number of anilines is 1. The summed E-state index contributed by atoms with van der Waals surface area (Å²) in [5.41, 5.74) is 1.72. The number of aryl methyl sites for hydroxylation is 2. The van der Waals surface area contributed by atoms with E-state index in [0.717, 1.165) is 30.2 Å². The Kier molecular flexibility index (Phi) is 6.04. The molecule has 1 fully saturated rings. The van der Waals surface area contributed by atoms with Crippen LogP contribution in [0.4, 0.5) is 10.2 Å². The SMILES string of the molecule is Cc1cc(N2CCCC2)nc(CNC(=O)CCc2ccc(F)c(Cl)c2)n1. The number of rotatable bonds is 6. The number of carbonyl (C=O) groups is 1. The van der Waals surface area contributed by atoms with E-state index in [1.54, 1.807) is 12.1 Å². The maximum atomic E-state index is 13.2. The molecular formula is C19H22ClFN4O. The van der Waals surface area contributed by atoms with Crippen molar-refractivity contribution in [2.24, 2.45) is 0 Å². The lowest BCUT2D eigenvalue weighted by Gasteiger charge is -2.17. The van der Waals surface area contributed by atoms with E-state index in [1.807, 2.05) is 13.0 Å². The van der Waals surface area contributed by atoms with Crippen LogP contribution in [-0.4, -0.2) is 29.0 Å². The molecule has 1 aliphatic rings. The first-order valence-corrected chi connectivity index (χ1v) is 9.19. The van der Waals surface area contributed by atoms with Gasteiger partial charge >= 0.3 is 0 Å². The van der Waals surface area contributed by atoms with Crippen molar-refractivity contribution in [2.45, 2.75) is 39.2 Å². The fourth-order valence-electron chi connectivity index (χ4n) is 3.02. The molecule has 1 aromatic heterocycles. The Labute approximate surface area is 157 Å². The minimum absolute atomic E-state index is 0.0745. The first-order valence-electron chi connectivity index (χ1n) is 8.81. The Morgan fingerprint density at radius 1 is 1.27 bits per heavy atom. The van der Waals surface area contributed by atoms with Crippen LogP contribution in [0.3, 0.4) is 0 Å². The summed E-state index contributed by atoms with van der Waals surface area (Å²) >= 11 is 5.76. The van der Waals surface area contributed by atoms with Crippen molar-refractivity contribution in [3.05, 3.63) is 52.2 Å². The van der Waals surface area contributed by atoms with Gasteiger partial charge in [0.2, 0.25) is 5.91 Å². The van der Waals surface area contributed by atoms with Gasteiger partial charge in [0.1, 0.15) is 17.5 Å². The van der Waals surface area contributed by atoms with Gasteiger partial charge in [-0.05, 0) is 43.9 Å². The molecule has 0 bridgehead atoms. The van der Waals surface area contributed by atoms with E-state index >= 15 is 0 Å². The highest BCUT2D eigenvalue weighted by atomic mass is 35.5. The normalized spacial score (nSPS) is 13.9. The number of carbonyl (C=O) groups excluding carboxylic acids is 1. The number of nitrogens with zero attached hydrogens (tertiary/aromatic N) is 3. The first kappa shape index (κ1) is 18.6. The van der Waals surface area contributed by atoms with Crippen molar-refractivity contribution < 1.29 is 9.18 Å². The molecule has 1 N–H and O–H groups in total. The van der Waals surface area contributed by atoms with E-state index in [-0.39, 0.29) is 10.9 Å². The molecule has 7 heteroatoms. The first-order chi connectivity index (χ1) is 12.5. The van der Waals surface area contributed by atoms with E-state index in [1.165, 1.54) is 18.9 Å². The highest BCUT2D eigenvalue weighted by Crippen LogP contribution is 2.19. The number of nitrogens with one attached hydrogen (secondary N) is 1. The summed E-state index contributed by atoms with van der Waals surface area (Å²) in [6, 6.07) is 6.49. The van der Waals surface area contributed by atoms with Crippen LogP contribution in [0.1, 0.15) is 36.3 Å². The fraction of sp³-hybridized carbons (Fsp3) is 0.421. The van der Waals surface area contributed by atoms with Crippen molar-refractivity contribution >= 4 is 23.3 Å². The summed E-state index contributed by atoms with van der Waals surface area (Å²) in [6.07, 6.45) is 3.16. The predicted octanol–water partition coefficient (Wildman–Crippen LogP) is 3.43. The number of aromatic nitrogens is 2. The lowest BCUT2D eigenvalue weighted by atomic mass is 10.1. The van der Waals surface area contributed by atoms with Crippen LogP contribution < -0.4 is 10.2 Å². The highest BCUT2D eigenvalue weighted by Gasteiger charge is 2.15. The number of amides is 1. The van der Waals surface area contributed by atoms with Crippen molar-refractivity contribution in [2.75, 3.05) is 18.0 Å². The molecule has 0 radical (unpaired) electrons. The minimum Gasteiger partial charge on any atom is -0.357 e. The maximum Gasteiger partial charge on any atom is 0.220 e. The molecule has 0 saturated carbocycles. The second-order valence-corrected chi connectivity index (χ2v) is 6.91. The molecule has 0 spiro atoms. The number of hydrogen-bond donors (Lipinski definition) is 1. The summed E-state index contributed by atoms with van der Waals surface area (Å²) < 4.78 is 13.2. The van der Waals surface area contributed by atoms with Crippen molar-refractivity contribution in [1.29, 1.82) is 0 Å². The maximum absolute atomic E-state index is 13.2. The van der Waals surface area contributed by atoms with E-state index in [2.05, 4.69) is 20.2 Å². The van der Waals surface area contributed by atoms with Crippen LogP contribution in [0.15, 0.2) is 24.3 Å². The fourth-order valence-corrected chi connectivity index (χ4v) is 3.22. The van der Waals surface area contributed by atoms with Crippen LogP contribution in [-0.2, 0) is 17.8 Å². The number of hydrogen-bond acceptors (Lipinski definition) is 4. The molecule has 0 atom stereocenters. The molecule has 138 valence electrons. The van der Waals surface area contributed by atoms with Gasteiger partial charge < -0.3 is 10.2 Å². The third kappa shape index (κ3) is 4.91. The molecule has 2 aromatic rings. The largest absolute Gasteiger partial charge is 0.357 e. The number of halogens is 2. The second-order valence-electron chi connectivity index (χ2n) is 6.50. The lowest BCUT2D eigenvalue weighted by Crippen LogP contribution is -2.25. The van der Waals surface area contributed by atoms with Crippen LogP contribution in [0, 0.1) is 12.7 Å². The Bertz CT molecular complexity index is 793. The van der Waals surface area contributed by atoms with Gasteiger partial charge in [-0.2, -0.15) is 0 Å². The van der Waals surface area contributed by atoms with Gasteiger partial charge in [0, 0.05) is 31.3 Å². The topological polar surface area (TPSA) is 58.1 Å². The molecule has 1 aromatic carbocycles. The second kappa shape index (κ2) is 8.45. The average Bonchev–Trinajstić information content (AvgIpc) is 3.15. The van der Waals surface area contributed by atoms with E-state index < -0.39 is 5.82 Å². The summed E-state index contributed by atoms with van der Waals surface area (Å²) in [5.74, 6) is 0.994. The Morgan fingerprint density at radius 2 is 2.04 bits per heavy atom. The van der Waals surface area contributed by atoms with Gasteiger partial charge in [0.25, 0.3) is 0 Å². The Balaban J connectivity index is 1.53. The zero-order valence-corrected chi connectivity index (χ0v) is 15.5. The van der Waals surface area contributed by atoms with Crippen LogP contribution in [0.25, 0.3) is 0 Å². The van der Waals surface area contributed by atoms with Crippen LogP contribution in [0.2, 0.25) is 5.02 Å². The van der Waals surface area contributed by atoms with E-state index in [9.17, 15) is 9.18 Å². The third-order valence-electron chi connectivity index (χ3n) is 4.39. The summed E-state index contributed by atoms with van der Waals surface area (Å²) in [7, 11) is 0. The standard InChI is InChI=1S/C19H22ClFN4O/c1-13-10-18(25-8-2-3-9-25)24-17(23-13)12-22-19(26)7-5-14-4-6-16(21)15(20)11-14/h4,6,10-11H,2-3,5,7-9,12H2,1H3,(H,22,26). The monoisotopic (exact) mass is 376 g/mol. The summed E-state index contributed by atoms with van der Waals surface area (Å²) in [5, 5.41) is 2.93. The molecule has 2 heterocycles. The van der Waals surface area contributed by atoms with Crippen LogP contribution >= 0.6 is 11.6 Å². The van der Waals surface area contributed by atoms with Gasteiger partial charge in [0.05, 0.1) is 11.6 Å². The number of benzene rings is 1. The van der Waals surface area contributed by atoms with Gasteiger partial charge in [-0.15, -0.1) is 0 Å². The molecule has 0 aliphatic carbocycles. The molecule has 1 saturated heterocycles. The summed E-state index contributed by atoms with van der Waals surface area (Å²) in [4.78, 5) is 23.3. The predicted molar refractivity (Wildman–Crippen MR) is 99.8 cm³/mol. The molecule has 1 amide bonds. The van der Waals surface area contributed by atoms with E-state index in [0.29, 0.717) is 25.2 Å². The van der Waals surface area contributed by atoms with E-state index in [4.69, 9.17) is 11.6 Å². The van der Waals surface area contributed by atoms with Crippen molar-refractivity contribution in [1.82, 2.24) is 15.3 Å². The minimum atomic E-state index is -0.453. The molecule has 26 heavy (non-hydrogen) atoms. The Morgan fingerprint density at radius 3 is 2.77 bits per heavy atom. The molecule has 3 rings (SSSR count). The van der Waals surface area contributed by atoms with Gasteiger partial charge in [-0.25, -0.2) is 14.4 Å². The molecular weight excluding hydrogens is 355 g/mol. The molecule has 5 nitrogen and oxygen atoms in total. The van der Waals surface area contributed by atoms with Crippen molar-refractivity contribution in [3.8, 4) is 0 Å². The highest BCUT2D eigenvalue weighted by molar-refractivity contribution is 6.30. The zero-order chi connectivity index (χ0) is 18.5. The van der Waals surface area contributed by atoms with Gasteiger partial charge in [-0.3, -0.25) is 4.79 Å². The Hall–Kier alpha value is -2.21. The van der Waals surface area contributed by atoms with Crippen LogP contribution in [0.5, 0.6) is 0 Å². The van der Waals surface area contributed by atoms with Crippen molar-refractivity contribution in [3.63, 3.8) is 0 Å². The average molecular weight is 377 g/mol. The molecule has 1 aliphatic heterocycles.